The molecule has 3 N–H and O–H groups in total. The Kier molecular flexibility index (Phi) is 4.50. The normalized spacial score (nSPS) is 18.4. The van der Waals surface area contributed by atoms with Gasteiger partial charge in [-0.15, -0.1) is 0 Å². The van der Waals surface area contributed by atoms with Crippen LogP contribution < -0.4 is 15.8 Å². The molecule has 1 aliphatic rings. The molecule has 0 unspecified atom stereocenters. The van der Waals surface area contributed by atoms with Gasteiger partial charge in [-0.3, -0.25) is 0 Å². The van der Waals surface area contributed by atoms with Gasteiger partial charge in [-0.25, -0.2) is 4.79 Å². The van der Waals surface area contributed by atoms with E-state index in [1.807, 2.05) is 24.3 Å². The molecular weight excluding hydrogens is 256 g/mol. The summed E-state index contributed by atoms with van der Waals surface area (Å²) < 4.78 is 10.2. The first-order valence-electron chi connectivity index (χ1n) is 6.72. The van der Waals surface area contributed by atoms with E-state index in [9.17, 15) is 4.79 Å². The average Bonchev–Trinajstić information content (AvgIpc) is 2.47. The lowest BCUT2D eigenvalue weighted by molar-refractivity contribution is -0.138. The molecule has 0 saturated heterocycles. The Bertz CT molecular complexity index is 526. The predicted octanol–water partition coefficient (Wildman–Crippen LogP) is 1.85. The molecule has 1 aromatic carbocycles. The topological polar surface area (TPSA) is 73.6 Å². The second kappa shape index (κ2) is 6.32. The third-order valence-corrected chi connectivity index (χ3v) is 3.36. The van der Waals surface area contributed by atoms with E-state index in [0.717, 1.165) is 17.7 Å². The lowest BCUT2D eigenvalue weighted by Crippen LogP contribution is -2.33. The number of hydrogen-bond donors (Lipinski definition) is 2. The van der Waals surface area contributed by atoms with Crippen molar-refractivity contribution in [2.45, 2.75) is 25.8 Å². The zero-order valence-electron chi connectivity index (χ0n) is 11.8. The van der Waals surface area contributed by atoms with Gasteiger partial charge in [0, 0.05) is 0 Å². The van der Waals surface area contributed by atoms with Crippen LogP contribution in [0.1, 0.15) is 31.4 Å². The van der Waals surface area contributed by atoms with Crippen LogP contribution in [-0.2, 0) is 9.53 Å². The fraction of sp³-hybridized carbons (Fsp3) is 0.400. The third-order valence-electron chi connectivity index (χ3n) is 3.36. The average molecular weight is 276 g/mol. The van der Waals surface area contributed by atoms with Crippen molar-refractivity contribution in [1.29, 1.82) is 0 Å². The molecule has 0 amide bonds. The molecule has 0 fully saturated rings. The number of carbonyl (C=O) groups excluding carboxylic acids is 1. The van der Waals surface area contributed by atoms with Crippen molar-refractivity contribution in [2.75, 3.05) is 13.7 Å². The van der Waals surface area contributed by atoms with Gasteiger partial charge in [-0.05, 0) is 37.5 Å². The number of benzene rings is 1. The Morgan fingerprint density at radius 2 is 2.30 bits per heavy atom. The SMILES string of the molecule is CCOC(=O)C1=C(N)N[C@@H](c2cccc(OC)c2)CC1. The molecular formula is C15H20N2O3. The maximum Gasteiger partial charge on any atom is 0.337 e. The molecule has 0 aliphatic carbocycles. The van der Waals surface area contributed by atoms with Crippen molar-refractivity contribution in [3.63, 3.8) is 0 Å². The van der Waals surface area contributed by atoms with Crippen LogP contribution in [-0.4, -0.2) is 19.7 Å². The molecule has 0 radical (unpaired) electrons. The molecule has 1 aliphatic heterocycles. The van der Waals surface area contributed by atoms with E-state index in [1.54, 1.807) is 14.0 Å². The van der Waals surface area contributed by atoms with Gasteiger partial charge in [0.15, 0.2) is 0 Å². The Labute approximate surface area is 118 Å². The number of rotatable bonds is 4. The van der Waals surface area contributed by atoms with Gasteiger partial charge >= 0.3 is 5.97 Å². The number of ether oxygens (including phenoxy) is 2. The maximum absolute atomic E-state index is 11.7. The number of nitrogens with one attached hydrogen (secondary N) is 1. The van der Waals surface area contributed by atoms with Gasteiger partial charge < -0.3 is 20.5 Å². The predicted molar refractivity (Wildman–Crippen MR) is 76.0 cm³/mol. The van der Waals surface area contributed by atoms with Crippen LogP contribution in [0.4, 0.5) is 0 Å². The minimum Gasteiger partial charge on any atom is -0.497 e. The van der Waals surface area contributed by atoms with Crippen LogP contribution in [0.15, 0.2) is 35.7 Å². The Balaban J connectivity index is 2.13. The van der Waals surface area contributed by atoms with E-state index >= 15 is 0 Å². The standard InChI is InChI=1S/C15H20N2O3/c1-3-20-15(18)12-7-8-13(17-14(12)16)10-5-4-6-11(9-10)19-2/h4-6,9,13,17H,3,7-8,16H2,1-2H3/t13-/m1/s1. The molecule has 5 heteroatoms. The second-order valence-corrected chi connectivity index (χ2v) is 4.62. The summed E-state index contributed by atoms with van der Waals surface area (Å²) >= 11 is 0. The lowest BCUT2D eigenvalue weighted by Gasteiger charge is -2.27. The highest BCUT2D eigenvalue weighted by Gasteiger charge is 2.24. The van der Waals surface area contributed by atoms with E-state index in [4.69, 9.17) is 15.2 Å². The summed E-state index contributed by atoms with van der Waals surface area (Å²) in [7, 11) is 1.64. The molecule has 2 rings (SSSR count). The van der Waals surface area contributed by atoms with Gasteiger partial charge in [-0.2, -0.15) is 0 Å². The second-order valence-electron chi connectivity index (χ2n) is 4.62. The fourth-order valence-electron chi connectivity index (χ4n) is 2.31. The summed E-state index contributed by atoms with van der Waals surface area (Å²) in [6, 6.07) is 7.92. The van der Waals surface area contributed by atoms with E-state index in [0.29, 0.717) is 24.4 Å². The minimum atomic E-state index is -0.332. The van der Waals surface area contributed by atoms with Crippen LogP contribution in [0.2, 0.25) is 0 Å². The zero-order valence-corrected chi connectivity index (χ0v) is 11.8. The molecule has 0 spiro atoms. The molecule has 1 aromatic rings. The highest BCUT2D eigenvalue weighted by atomic mass is 16.5. The molecule has 0 aromatic heterocycles. The number of carbonyl (C=O) groups is 1. The Morgan fingerprint density at radius 3 is 2.95 bits per heavy atom. The molecule has 108 valence electrons. The van der Waals surface area contributed by atoms with Gasteiger partial charge in [0.2, 0.25) is 0 Å². The third kappa shape index (κ3) is 3.04. The van der Waals surface area contributed by atoms with Crippen LogP contribution >= 0.6 is 0 Å². The monoisotopic (exact) mass is 276 g/mol. The number of nitrogens with two attached hydrogens (primary N) is 1. The van der Waals surface area contributed by atoms with Crippen molar-refractivity contribution < 1.29 is 14.3 Å². The van der Waals surface area contributed by atoms with Crippen molar-refractivity contribution in [1.82, 2.24) is 5.32 Å². The van der Waals surface area contributed by atoms with E-state index in [1.165, 1.54) is 0 Å². The van der Waals surface area contributed by atoms with Gasteiger partial charge in [0.25, 0.3) is 0 Å². The van der Waals surface area contributed by atoms with E-state index in [2.05, 4.69) is 5.32 Å². The van der Waals surface area contributed by atoms with E-state index in [-0.39, 0.29) is 12.0 Å². The van der Waals surface area contributed by atoms with Crippen LogP contribution in [0.3, 0.4) is 0 Å². The van der Waals surface area contributed by atoms with Crippen LogP contribution in [0.5, 0.6) is 5.75 Å². The van der Waals surface area contributed by atoms with Gasteiger partial charge in [0.1, 0.15) is 11.6 Å². The quantitative estimate of drug-likeness (QED) is 0.821. The molecule has 0 saturated carbocycles. The first-order chi connectivity index (χ1) is 9.65. The molecule has 20 heavy (non-hydrogen) atoms. The summed E-state index contributed by atoms with van der Waals surface area (Å²) in [6.07, 6.45) is 1.40. The van der Waals surface area contributed by atoms with Crippen molar-refractivity contribution in [3.8, 4) is 5.75 Å². The van der Waals surface area contributed by atoms with Crippen molar-refractivity contribution in [3.05, 3.63) is 41.2 Å². The molecule has 1 atom stereocenters. The summed E-state index contributed by atoms with van der Waals surface area (Å²) in [4.78, 5) is 11.7. The molecule has 1 heterocycles. The zero-order chi connectivity index (χ0) is 14.5. The smallest absolute Gasteiger partial charge is 0.337 e. The summed E-state index contributed by atoms with van der Waals surface area (Å²) in [5.74, 6) is 0.882. The number of hydrogen-bond acceptors (Lipinski definition) is 5. The van der Waals surface area contributed by atoms with Gasteiger partial charge in [-0.1, -0.05) is 12.1 Å². The molecule has 5 nitrogen and oxygen atoms in total. The fourth-order valence-corrected chi connectivity index (χ4v) is 2.31. The van der Waals surface area contributed by atoms with E-state index < -0.39 is 0 Å². The minimum absolute atomic E-state index is 0.0864. The van der Waals surface area contributed by atoms with Crippen molar-refractivity contribution in [2.24, 2.45) is 5.73 Å². The largest absolute Gasteiger partial charge is 0.497 e. The number of esters is 1. The highest BCUT2D eigenvalue weighted by molar-refractivity contribution is 5.89. The summed E-state index contributed by atoms with van der Waals surface area (Å²) in [5, 5.41) is 3.17. The maximum atomic E-state index is 11.7. The highest BCUT2D eigenvalue weighted by Crippen LogP contribution is 2.29. The van der Waals surface area contributed by atoms with Crippen LogP contribution in [0.25, 0.3) is 0 Å². The van der Waals surface area contributed by atoms with Crippen molar-refractivity contribution >= 4 is 5.97 Å². The lowest BCUT2D eigenvalue weighted by atomic mass is 9.95. The first-order valence-corrected chi connectivity index (χ1v) is 6.72. The van der Waals surface area contributed by atoms with Crippen LogP contribution in [0, 0.1) is 0 Å². The first kappa shape index (κ1) is 14.2. The number of methoxy groups -OCH3 is 1. The summed E-state index contributed by atoms with van der Waals surface area (Å²) in [5.41, 5.74) is 7.57. The van der Waals surface area contributed by atoms with Gasteiger partial charge in [0.05, 0.1) is 25.3 Å². The summed E-state index contributed by atoms with van der Waals surface area (Å²) in [6.45, 7) is 2.14. The Hall–Kier alpha value is -2.17. The Morgan fingerprint density at radius 1 is 1.50 bits per heavy atom. The molecule has 0 bridgehead atoms.